The van der Waals surface area contributed by atoms with E-state index < -0.39 is 5.92 Å². The van der Waals surface area contributed by atoms with E-state index in [9.17, 15) is 10.4 Å². The van der Waals surface area contributed by atoms with Crippen molar-refractivity contribution in [1.29, 1.82) is 5.26 Å². The maximum absolute atomic E-state index is 9.70. The molecule has 0 spiro atoms. The second kappa shape index (κ2) is 6.57. The Kier molecular flexibility index (Phi) is 4.47. The summed E-state index contributed by atoms with van der Waals surface area (Å²) >= 11 is 3.47. The molecule has 7 heteroatoms. The number of rotatable bonds is 3. The van der Waals surface area contributed by atoms with Crippen LogP contribution in [0.1, 0.15) is 17.0 Å². The standard InChI is InChI=1S/C18H15BrN2O4/c1-23-15-6-9(5-13(19)17(15)24-2)16-11-4-3-10(22)7-14(11)25-18(21)12(16)8-20/h3-7,16,22H,21H2,1-2H3. The number of hydrogen-bond donors (Lipinski definition) is 2. The summed E-state index contributed by atoms with van der Waals surface area (Å²) in [6, 6.07) is 10.5. The molecule has 0 saturated heterocycles. The summed E-state index contributed by atoms with van der Waals surface area (Å²) in [5, 5.41) is 19.3. The first-order valence-electron chi connectivity index (χ1n) is 7.32. The maximum Gasteiger partial charge on any atom is 0.205 e. The number of allylic oxidation sites excluding steroid dienone is 1. The van der Waals surface area contributed by atoms with Crippen LogP contribution in [0.3, 0.4) is 0 Å². The van der Waals surface area contributed by atoms with Gasteiger partial charge in [0.1, 0.15) is 23.1 Å². The fraction of sp³-hybridized carbons (Fsp3) is 0.167. The first kappa shape index (κ1) is 17.0. The van der Waals surface area contributed by atoms with Crippen LogP contribution in [0.2, 0.25) is 0 Å². The fourth-order valence-electron chi connectivity index (χ4n) is 2.89. The van der Waals surface area contributed by atoms with Gasteiger partial charge in [-0.15, -0.1) is 0 Å². The minimum atomic E-state index is -0.453. The molecule has 1 atom stereocenters. The molecule has 128 valence electrons. The predicted molar refractivity (Wildman–Crippen MR) is 94.7 cm³/mol. The molecule has 2 aromatic carbocycles. The topological polar surface area (TPSA) is 97.7 Å². The van der Waals surface area contributed by atoms with E-state index in [0.29, 0.717) is 21.7 Å². The predicted octanol–water partition coefficient (Wildman–Crippen LogP) is 3.39. The molecule has 2 aromatic rings. The third kappa shape index (κ3) is 2.85. The molecular formula is C18H15BrN2O4. The molecular weight excluding hydrogens is 388 g/mol. The van der Waals surface area contributed by atoms with Gasteiger partial charge in [0.05, 0.1) is 24.6 Å². The monoisotopic (exact) mass is 402 g/mol. The van der Waals surface area contributed by atoms with Gasteiger partial charge in [0, 0.05) is 11.6 Å². The summed E-state index contributed by atoms with van der Waals surface area (Å²) in [6.07, 6.45) is 0. The molecule has 0 aliphatic carbocycles. The fourth-order valence-corrected chi connectivity index (χ4v) is 3.51. The van der Waals surface area contributed by atoms with Crippen molar-refractivity contribution in [3.05, 3.63) is 57.4 Å². The minimum Gasteiger partial charge on any atom is -0.508 e. The van der Waals surface area contributed by atoms with Crippen molar-refractivity contribution in [1.82, 2.24) is 0 Å². The zero-order valence-electron chi connectivity index (χ0n) is 13.5. The molecule has 1 unspecified atom stereocenters. The maximum atomic E-state index is 9.70. The number of benzene rings is 2. The Hall–Kier alpha value is -2.85. The van der Waals surface area contributed by atoms with Crippen LogP contribution in [0.4, 0.5) is 0 Å². The van der Waals surface area contributed by atoms with E-state index in [4.69, 9.17) is 19.9 Å². The van der Waals surface area contributed by atoms with Crippen LogP contribution < -0.4 is 19.9 Å². The normalized spacial score (nSPS) is 15.8. The minimum absolute atomic E-state index is 0.0107. The number of nitrogens with zero attached hydrogens (tertiary/aromatic N) is 1. The lowest BCUT2D eigenvalue weighted by Gasteiger charge is -2.27. The van der Waals surface area contributed by atoms with E-state index in [2.05, 4.69) is 22.0 Å². The quantitative estimate of drug-likeness (QED) is 0.816. The van der Waals surface area contributed by atoms with Crippen molar-refractivity contribution < 1.29 is 19.3 Å². The van der Waals surface area contributed by atoms with E-state index in [-0.39, 0.29) is 17.2 Å². The second-order valence-electron chi connectivity index (χ2n) is 5.39. The Morgan fingerprint density at radius 2 is 2.00 bits per heavy atom. The van der Waals surface area contributed by atoms with Crippen LogP contribution in [0, 0.1) is 11.3 Å². The zero-order chi connectivity index (χ0) is 18.1. The van der Waals surface area contributed by atoms with Crippen molar-refractivity contribution >= 4 is 15.9 Å². The van der Waals surface area contributed by atoms with Gasteiger partial charge < -0.3 is 25.1 Å². The van der Waals surface area contributed by atoms with Gasteiger partial charge in [-0.3, -0.25) is 0 Å². The first-order chi connectivity index (χ1) is 12.0. The summed E-state index contributed by atoms with van der Waals surface area (Å²) < 4.78 is 16.9. The lowest BCUT2D eigenvalue weighted by molar-refractivity contribution is 0.352. The van der Waals surface area contributed by atoms with E-state index in [1.165, 1.54) is 6.07 Å². The van der Waals surface area contributed by atoms with Crippen molar-refractivity contribution in [2.24, 2.45) is 5.73 Å². The average molecular weight is 403 g/mol. The molecule has 0 bridgehead atoms. The number of nitrogens with two attached hydrogens (primary N) is 1. The number of nitriles is 1. The molecule has 0 radical (unpaired) electrons. The summed E-state index contributed by atoms with van der Waals surface area (Å²) in [5.41, 5.74) is 7.72. The van der Waals surface area contributed by atoms with Crippen molar-refractivity contribution in [2.45, 2.75) is 5.92 Å². The van der Waals surface area contributed by atoms with Crippen LogP contribution in [0.15, 0.2) is 46.3 Å². The Morgan fingerprint density at radius 3 is 2.64 bits per heavy atom. The van der Waals surface area contributed by atoms with E-state index >= 15 is 0 Å². The molecule has 0 aromatic heterocycles. The molecule has 0 fully saturated rings. The third-order valence-electron chi connectivity index (χ3n) is 3.99. The number of halogens is 1. The summed E-state index contributed by atoms with van der Waals surface area (Å²) in [6.45, 7) is 0. The molecule has 1 aliphatic heterocycles. The van der Waals surface area contributed by atoms with Gasteiger partial charge >= 0.3 is 0 Å². The van der Waals surface area contributed by atoms with Gasteiger partial charge in [0.15, 0.2) is 11.5 Å². The third-order valence-corrected chi connectivity index (χ3v) is 4.58. The number of hydrogen-bond acceptors (Lipinski definition) is 6. The smallest absolute Gasteiger partial charge is 0.205 e. The summed E-state index contributed by atoms with van der Waals surface area (Å²) in [5.74, 6) is 1.10. The molecule has 25 heavy (non-hydrogen) atoms. The van der Waals surface area contributed by atoms with Crippen LogP contribution in [0.5, 0.6) is 23.0 Å². The Morgan fingerprint density at radius 1 is 1.24 bits per heavy atom. The number of aromatic hydroxyl groups is 1. The molecule has 0 saturated carbocycles. The van der Waals surface area contributed by atoms with Crippen molar-refractivity contribution in [3.63, 3.8) is 0 Å². The largest absolute Gasteiger partial charge is 0.508 e. The van der Waals surface area contributed by atoms with Gasteiger partial charge in [-0.05, 0) is 39.7 Å². The van der Waals surface area contributed by atoms with Gasteiger partial charge in [0.2, 0.25) is 5.88 Å². The summed E-state index contributed by atoms with van der Waals surface area (Å²) in [4.78, 5) is 0. The molecule has 6 nitrogen and oxygen atoms in total. The summed E-state index contributed by atoms with van der Waals surface area (Å²) in [7, 11) is 3.09. The Balaban J connectivity index is 2.25. The van der Waals surface area contributed by atoms with Gasteiger partial charge in [0.25, 0.3) is 0 Å². The highest BCUT2D eigenvalue weighted by molar-refractivity contribution is 9.10. The number of phenols is 1. The number of fused-ring (bicyclic) bond motifs is 1. The highest BCUT2D eigenvalue weighted by atomic mass is 79.9. The molecule has 3 rings (SSSR count). The molecule has 0 amide bonds. The average Bonchev–Trinajstić information content (AvgIpc) is 2.59. The van der Waals surface area contributed by atoms with Crippen molar-refractivity contribution in [2.75, 3.05) is 14.2 Å². The SMILES string of the molecule is COc1cc(C2C(C#N)=C(N)Oc3cc(O)ccc32)cc(Br)c1OC. The van der Waals surface area contributed by atoms with Crippen LogP contribution in [-0.4, -0.2) is 19.3 Å². The lowest BCUT2D eigenvalue weighted by atomic mass is 9.83. The van der Waals surface area contributed by atoms with Gasteiger partial charge in [-0.25, -0.2) is 0 Å². The number of methoxy groups -OCH3 is 2. The Bertz CT molecular complexity index is 918. The number of phenolic OH excluding ortho intramolecular Hbond substituents is 1. The highest BCUT2D eigenvalue weighted by Crippen LogP contribution is 2.46. The van der Waals surface area contributed by atoms with Crippen LogP contribution >= 0.6 is 15.9 Å². The highest BCUT2D eigenvalue weighted by Gasteiger charge is 2.32. The van der Waals surface area contributed by atoms with Gasteiger partial charge in [-0.1, -0.05) is 6.07 Å². The van der Waals surface area contributed by atoms with Crippen molar-refractivity contribution in [3.8, 4) is 29.1 Å². The Labute approximate surface area is 153 Å². The first-order valence-corrected chi connectivity index (χ1v) is 8.11. The molecule has 1 heterocycles. The van der Waals surface area contributed by atoms with Gasteiger partial charge in [-0.2, -0.15) is 5.26 Å². The zero-order valence-corrected chi connectivity index (χ0v) is 15.1. The lowest BCUT2D eigenvalue weighted by Crippen LogP contribution is -2.21. The number of ether oxygens (including phenoxy) is 3. The van der Waals surface area contributed by atoms with E-state index in [0.717, 1.165) is 11.1 Å². The molecule has 1 aliphatic rings. The van der Waals surface area contributed by atoms with Crippen LogP contribution in [-0.2, 0) is 0 Å². The van der Waals surface area contributed by atoms with Crippen LogP contribution in [0.25, 0.3) is 0 Å². The second-order valence-corrected chi connectivity index (χ2v) is 6.24. The van der Waals surface area contributed by atoms with E-state index in [1.807, 2.05) is 6.07 Å². The molecule has 3 N–H and O–H groups in total. The van der Waals surface area contributed by atoms with E-state index in [1.54, 1.807) is 32.4 Å².